The normalized spacial score (nSPS) is 15.7. The Bertz CT molecular complexity index is 664. The molecule has 1 fully saturated rings. The maximum Gasteiger partial charge on any atom is 0.234 e. The van der Waals surface area contributed by atoms with Gasteiger partial charge >= 0.3 is 0 Å². The Morgan fingerprint density at radius 3 is 2.78 bits per heavy atom. The molecule has 4 nitrogen and oxygen atoms in total. The van der Waals surface area contributed by atoms with Gasteiger partial charge in [-0.2, -0.15) is 0 Å². The van der Waals surface area contributed by atoms with Crippen LogP contribution in [0, 0.1) is 6.92 Å². The molecule has 1 aliphatic rings. The molecule has 0 spiro atoms. The molecule has 0 aliphatic carbocycles. The van der Waals surface area contributed by atoms with Crippen molar-refractivity contribution in [3.8, 4) is 0 Å². The molecule has 0 N–H and O–H groups in total. The van der Waals surface area contributed by atoms with Crippen molar-refractivity contribution in [1.29, 1.82) is 0 Å². The molecule has 2 heterocycles. The third-order valence-corrected chi connectivity index (χ3v) is 3.21. The van der Waals surface area contributed by atoms with Crippen LogP contribution in [0.2, 0.25) is 0 Å². The van der Waals surface area contributed by atoms with Crippen molar-refractivity contribution >= 4 is 28.3 Å². The highest BCUT2D eigenvalue weighted by Crippen LogP contribution is 2.31. The molecule has 0 bridgehead atoms. The molecule has 0 radical (unpaired) electrons. The zero-order chi connectivity index (χ0) is 12.7. The van der Waals surface area contributed by atoms with Gasteiger partial charge in [-0.1, -0.05) is 6.07 Å². The van der Waals surface area contributed by atoms with Crippen LogP contribution in [0.3, 0.4) is 0 Å². The van der Waals surface area contributed by atoms with Crippen molar-refractivity contribution in [3.05, 3.63) is 36.0 Å². The summed E-state index contributed by atoms with van der Waals surface area (Å²) in [6.45, 7) is 2.12. The lowest BCUT2D eigenvalue weighted by Crippen LogP contribution is -2.25. The number of carbonyl (C=O) groups excluding carboxylic acids is 2. The van der Waals surface area contributed by atoms with E-state index in [0.29, 0.717) is 0 Å². The van der Waals surface area contributed by atoms with Crippen molar-refractivity contribution in [2.45, 2.75) is 13.3 Å². The molecular formula is C14H12N2O2. The molecule has 1 aliphatic heterocycles. The van der Waals surface area contributed by atoms with Crippen LogP contribution in [-0.4, -0.2) is 23.2 Å². The van der Waals surface area contributed by atoms with Crippen LogP contribution < -0.4 is 4.90 Å². The molecule has 1 saturated heterocycles. The topological polar surface area (TPSA) is 50.3 Å². The van der Waals surface area contributed by atoms with Crippen LogP contribution in [0.5, 0.6) is 0 Å². The number of rotatable bonds is 1. The fourth-order valence-electron chi connectivity index (χ4n) is 2.39. The first kappa shape index (κ1) is 10.9. The number of amides is 1. The summed E-state index contributed by atoms with van der Waals surface area (Å²) in [6, 6.07) is 7.63. The highest BCUT2D eigenvalue weighted by Gasteiger charge is 2.30. The van der Waals surface area contributed by atoms with E-state index in [1.807, 2.05) is 31.2 Å². The number of pyridine rings is 1. The zero-order valence-corrected chi connectivity index (χ0v) is 10.0. The SMILES string of the molecule is Cc1ccc2ncccc2c1N1CC(=O)CC1=O. The first-order valence-corrected chi connectivity index (χ1v) is 5.83. The summed E-state index contributed by atoms with van der Waals surface area (Å²) < 4.78 is 0. The smallest absolute Gasteiger partial charge is 0.234 e. The third-order valence-electron chi connectivity index (χ3n) is 3.21. The van der Waals surface area contributed by atoms with Crippen LogP contribution in [0.25, 0.3) is 10.9 Å². The quantitative estimate of drug-likeness (QED) is 0.715. The Morgan fingerprint density at radius 1 is 1.22 bits per heavy atom. The number of anilines is 1. The molecule has 0 unspecified atom stereocenters. The third kappa shape index (κ3) is 1.57. The highest BCUT2D eigenvalue weighted by atomic mass is 16.2. The number of aryl methyl sites for hydroxylation is 1. The zero-order valence-electron chi connectivity index (χ0n) is 10.0. The van der Waals surface area contributed by atoms with E-state index in [-0.39, 0.29) is 24.7 Å². The van der Waals surface area contributed by atoms with E-state index < -0.39 is 0 Å². The largest absolute Gasteiger partial charge is 0.304 e. The van der Waals surface area contributed by atoms with Gasteiger partial charge in [0.2, 0.25) is 5.91 Å². The summed E-state index contributed by atoms with van der Waals surface area (Å²) in [6.07, 6.45) is 1.73. The molecule has 2 aromatic rings. The van der Waals surface area contributed by atoms with Gasteiger partial charge < -0.3 is 4.90 Å². The second-order valence-electron chi connectivity index (χ2n) is 4.50. The average Bonchev–Trinajstić information content (AvgIpc) is 2.68. The van der Waals surface area contributed by atoms with E-state index in [1.165, 1.54) is 0 Å². The van der Waals surface area contributed by atoms with Crippen LogP contribution in [0.4, 0.5) is 5.69 Å². The fourth-order valence-corrected chi connectivity index (χ4v) is 2.39. The first-order chi connectivity index (χ1) is 8.66. The molecule has 1 aromatic carbocycles. The van der Waals surface area contributed by atoms with Gasteiger partial charge in [0.1, 0.15) is 0 Å². The maximum absolute atomic E-state index is 11.9. The van der Waals surface area contributed by atoms with Crippen molar-refractivity contribution in [3.63, 3.8) is 0 Å². The average molecular weight is 240 g/mol. The minimum Gasteiger partial charge on any atom is -0.304 e. The lowest BCUT2D eigenvalue weighted by Gasteiger charge is -2.19. The summed E-state index contributed by atoms with van der Waals surface area (Å²) in [5.74, 6) is -0.153. The lowest BCUT2D eigenvalue weighted by atomic mass is 10.1. The standard InChI is InChI=1S/C14H12N2O2/c1-9-4-5-12-11(3-2-6-15-12)14(9)16-8-10(17)7-13(16)18/h2-6H,7-8H2,1H3. The predicted octanol–water partition coefficient (Wildman–Crippen LogP) is 1.85. The molecule has 1 aromatic heterocycles. The number of aromatic nitrogens is 1. The molecule has 4 heteroatoms. The Morgan fingerprint density at radius 2 is 2.06 bits per heavy atom. The van der Waals surface area contributed by atoms with Gasteiger partial charge in [0.05, 0.1) is 24.2 Å². The van der Waals surface area contributed by atoms with Gasteiger partial charge in [-0.15, -0.1) is 0 Å². The molecule has 3 rings (SSSR count). The van der Waals surface area contributed by atoms with Gasteiger partial charge in [0.15, 0.2) is 5.78 Å². The number of benzene rings is 1. The van der Waals surface area contributed by atoms with Gasteiger partial charge in [0.25, 0.3) is 0 Å². The second-order valence-corrected chi connectivity index (χ2v) is 4.50. The number of hydrogen-bond donors (Lipinski definition) is 0. The van der Waals surface area contributed by atoms with Gasteiger partial charge in [-0.3, -0.25) is 14.6 Å². The molecule has 18 heavy (non-hydrogen) atoms. The van der Waals surface area contributed by atoms with Crippen LogP contribution in [-0.2, 0) is 9.59 Å². The number of ketones is 1. The van der Waals surface area contributed by atoms with Crippen molar-refractivity contribution < 1.29 is 9.59 Å². The molecule has 0 atom stereocenters. The number of hydrogen-bond acceptors (Lipinski definition) is 3. The number of fused-ring (bicyclic) bond motifs is 1. The Kier molecular flexibility index (Phi) is 2.37. The van der Waals surface area contributed by atoms with Crippen LogP contribution in [0.15, 0.2) is 30.5 Å². The van der Waals surface area contributed by atoms with Gasteiger partial charge in [0, 0.05) is 11.6 Å². The monoisotopic (exact) mass is 240 g/mol. The summed E-state index contributed by atoms with van der Waals surface area (Å²) in [4.78, 5) is 29.1. The molecular weight excluding hydrogens is 228 g/mol. The Balaban J connectivity index is 2.25. The van der Waals surface area contributed by atoms with Crippen LogP contribution >= 0.6 is 0 Å². The van der Waals surface area contributed by atoms with E-state index in [2.05, 4.69) is 4.98 Å². The van der Waals surface area contributed by atoms with E-state index >= 15 is 0 Å². The van der Waals surface area contributed by atoms with E-state index in [0.717, 1.165) is 22.2 Å². The number of nitrogens with zero attached hydrogens (tertiary/aromatic N) is 2. The summed E-state index contributed by atoms with van der Waals surface area (Å²) in [7, 11) is 0. The lowest BCUT2D eigenvalue weighted by molar-refractivity contribution is -0.121. The molecule has 90 valence electrons. The Hall–Kier alpha value is -2.23. The molecule has 0 saturated carbocycles. The molecule has 1 amide bonds. The van der Waals surface area contributed by atoms with Crippen LogP contribution in [0.1, 0.15) is 12.0 Å². The number of carbonyl (C=O) groups is 2. The van der Waals surface area contributed by atoms with Gasteiger partial charge in [-0.25, -0.2) is 0 Å². The van der Waals surface area contributed by atoms with Gasteiger partial charge in [-0.05, 0) is 30.7 Å². The Labute approximate surface area is 104 Å². The van der Waals surface area contributed by atoms with Crippen molar-refractivity contribution in [2.24, 2.45) is 0 Å². The maximum atomic E-state index is 11.9. The van der Waals surface area contributed by atoms with Crippen molar-refractivity contribution in [1.82, 2.24) is 4.98 Å². The number of Topliss-reactive ketones (excluding diaryl/α,β-unsaturated/α-hetero) is 1. The second kappa shape index (κ2) is 3.91. The minimum atomic E-state index is -0.126. The van der Waals surface area contributed by atoms with Crippen molar-refractivity contribution in [2.75, 3.05) is 11.4 Å². The highest BCUT2D eigenvalue weighted by molar-refractivity contribution is 6.17. The fraction of sp³-hybridized carbons (Fsp3) is 0.214. The summed E-state index contributed by atoms with van der Waals surface area (Å²) in [5, 5.41) is 0.917. The van der Waals surface area contributed by atoms with E-state index in [9.17, 15) is 9.59 Å². The summed E-state index contributed by atoms with van der Waals surface area (Å²) in [5.41, 5.74) is 2.64. The minimum absolute atomic E-state index is 0.0100. The summed E-state index contributed by atoms with van der Waals surface area (Å²) >= 11 is 0. The first-order valence-electron chi connectivity index (χ1n) is 5.83. The van der Waals surface area contributed by atoms with E-state index in [1.54, 1.807) is 11.1 Å². The van der Waals surface area contributed by atoms with E-state index in [4.69, 9.17) is 0 Å². The predicted molar refractivity (Wildman–Crippen MR) is 68.5 cm³/mol.